The highest BCUT2D eigenvalue weighted by Crippen LogP contribution is 2.31. The minimum Gasteiger partial charge on any atom is -0.507 e. The number of benzene rings is 1. The second-order valence-corrected chi connectivity index (χ2v) is 4.63. The normalized spacial score (nSPS) is 13.2. The van der Waals surface area contributed by atoms with E-state index in [1.807, 2.05) is 0 Å². The Morgan fingerprint density at radius 3 is 2.50 bits per heavy atom. The summed E-state index contributed by atoms with van der Waals surface area (Å²) in [5.74, 6) is -0.797. The average Bonchev–Trinajstić information content (AvgIpc) is 2.38. The van der Waals surface area contributed by atoms with Gasteiger partial charge in [-0.15, -0.1) is 9.24 Å². The number of phenolic OH excluding ortho intramolecular Hbond substituents is 1. The fourth-order valence-electron chi connectivity index (χ4n) is 2.13. The third kappa shape index (κ3) is 1.33. The van der Waals surface area contributed by atoms with Crippen molar-refractivity contribution < 1.29 is 14.7 Å². The Kier molecular flexibility index (Phi) is 2.28. The highest BCUT2D eigenvalue weighted by Gasteiger charge is 2.33. The van der Waals surface area contributed by atoms with Gasteiger partial charge in [0, 0.05) is 23.5 Å². The molecule has 3 rings (SSSR count). The van der Waals surface area contributed by atoms with Gasteiger partial charge in [0.15, 0.2) is 11.6 Å². The van der Waals surface area contributed by atoms with Crippen LogP contribution in [0.2, 0.25) is 0 Å². The summed E-state index contributed by atoms with van der Waals surface area (Å²) in [5.41, 5.74) is 0.884. The number of carbonyl (C=O) groups excluding carboxylic acids is 2. The Morgan fingerprint density at radius 2 is 1.72 bits per heavy atom. The van der Waals surface area contributed by atoms with E-state index in [2.05, 4.69) is 14.2 Å². The van der Waals surface area contributed by atoms with Crippen LogP contribution < -0.4 is 5.30 Å². The van der Waals surface area contributed by atoms with E-state index in [4.69, 9.17) is 0 Å². The number of carbonyl (C=O) groups is 2. The summed E-state index contributed by atoms with van der Waals surface area (Å²) in [7, 11) is 2.40. The number of rotatable bonds is 0. The number of aromatic nitrogens is 1. The topological polar surface area (TPSA) is 67.3 Å². The van der Waals surface area contributed by atoms with Crippen molar-refractivity contribution in [2.24, 2.45) is 0 Å². The zero-order valence-corrected chi connectivity index (χ0v) is 10.3. The van der Waals surface area contributed by atoms with Crippen molar-refractivity contribution >= 4 is 26.1 Å². The molecule has 0 aliphatic heterocycles. The Balaban J connectivity index is 2.41. The van der Waals surface area contributed by atoms with Crippen molar-refractivity contribution in [2.75, 3.05) is 0 Å². The molecule has 1 heterocycles. The van der Waals surface area contributed by atoms with Crippen LogP contribution in [0.3, 0.4) is 0 Å². The van der Waals surface area contributed by atoms with Gasteiger partial charge >= 0.3 is 0 Å². The van der Waals surface area contributed by atoms with Crippen LogP contribution in [0.4, 0.5) is 0 Å². The summed E-state index contributed by atoms with van der Waals surface area (Å²) in [6, 6.07) is 4.50. The fraction of sp³-hybridized carbons (Fsp3) is 0. The van der Waals surface area contributed by atoms with Gasteiger partial charge in [0.25, 0.3) is 0 Å². The first-order valence-corrected chi connectivity index (χ1v) is 5.84. The Hall–Kier alpha value is -2.06. The largest absolute Gasteiger partial charge is 0.507 e. The molecule has 0 amide bonds. The molecule has 1 aliphatic rings. The average molecular weight is 257 g/mol. The summed E-state index contributed by atoms with van der Waals surface area (Å²) in [4.78, 5) is 28.5. The zero-order valence-electron chi connectivity index (χ0n) is 9.18. The number of nitrogens with zero attached hydrogens (tertiary/aromatic N) is 1. The molecule has 88 valence electrons. The SMILES string of the molecule is O=C1c2ccncc2C(=O)c2c(P)ccc(O)c21. The highest BCUT2D eigenvalue weighted by atomic mass is 31.0. The summed E-state index contributed by atoms with van der Waals surface area (Å²) < 4.78 is 0. The molecule has 0 radical (unpaired) electrons. The van der Waals surface area contributed by atoms with Gasteiger partial charge in [-0.1, -0.05) is 6.07 Å². The van der Waals surface area contributed by atoms with Gasteiger partial charge in [0.1, 0.15) is 5.75 Å². The van der Waals surface area contributed by atoms with Crippen molar-refractivity contribution in [3.8, 4) is 5.75 Å². The maximum atomic E-state index is 12.3. The first-order valence-electron chi connectivity index (χ1n) is 5.26. The van der Waals surface area contributed by atoms with E-state index in [1.165, 1.54) is 24.5 Å². The lowest BCUT2D eigenvalue weighted by Crippen LogP contribution is -2.25. The monoisotopic (exact) mass is 257 g/mol. The molecular weight excluding hydrogens is 249 g/mol. The summed E-state index contributed by atoms with van der Waals surface area (Å²) in [6.07, 6.45) is 2.84. The Bertz CT molecular complexity index is 649. The van der Waals surface area contributed by atoms with E-state index in [-0.39, 0.29) is 39.6 Å². The Morgan fingerprint density at radius 1 is 1.00 bits per heavy atom. The van der Waals surface area contributed by atoms with Crippen LogP contribution in [-0.4, -0.2) is 21.7 Å². The second kappa shape index (κ2) is 3.72. The van der Waals surface area contributed by atoms with E-state index in [0.29, 0.717) is 5.30 Å². The smallest absolute Gasteiger partial charge is 0.198 e. The van der Waals surface area contributed by atoms with Crippen LogP contribution in [0.25, 0.3) is 0 Å². The molecule has 2 aromatic rings. The molecule has 0 spiro atoms. The van der Waals surface area contributed by atoms with Gasteiger partial charge in [-0.3, -0.25) is 14.6 Å². The van der Waals surface area contributed by atoms with E-state index >= 15 is 0 Å². The number of pyridine rings is 1. The second-order valence-electron chi connectivity index (χ2n) is 4.00. The number of hydrogen-bond acceptors (Lipinski definition) is 4. The molecule has 1 aromatic heterocycles. The van der Waals surface area contributed by atoms with Gasteiger partial charge in [0.05, 0.1) is 11.1 Å². The predicted octanol–water partition coefficient (Wildman–Crippen LogP) is 1.06. The molecule has 0 saturated carbocycles. The molecule has 1 aromatic carbocycles. The fourth-order valence-corrected chi connectivity index (χ4v) is 2.50. The van der Waals surface area contributed by atoms with E-state index in [0.717, 1.165) is 0 Å². The van der Waals surface area contributed by atoms with Gasteiger partial charge < -0.3 is 5.11 Å². The summed E-state index contributed by atoms with van der Waals surface area (Å²) in [6.45, 7) is 0. The van der Waals surface area contributed by atoms with Crippen LogP contribution >= 0.6 is 9.24 Å². The maximum absolute atomic E-state index is 12.3. The van der Waals surface area contributed by atoms with Crippen molar-refractivity contribution in [3.63, 3.8) is 0 Å². The lowest BCUT2D eigenvalue weighted by Gasteiger charge is -2.19. The number of ketones is 2. The lowest BCUT2D eigenvalue weighted by atomic mass is 9.84. The molecule has 5 heteroatoms. The van der Waals surface area contributed by atoms with E-state index < -0.39 is 0 Å². The first-order chi connectivity index (χ1) is 8.61. The van der Waals surface area contributed by atoms with Crippen LogP contribution in [0, 0.1) is 0 Å². The number of fused-ring (bicyclic) bond motifs is 2. The molecule has 1 unspecified atom stereocenters. The first kappa shape index (κ1) is 11.1. The summed E-state index contributed by atoms with van der Waals surface area (Å²) in [5, 5.41) is 10.4. The van der Waals surface area contributed by atoms with Gasteiger partial charge in [-0.2, -0.15) is 0 Å². The molecule has 1 aliphatic carbocycles. The predicted molar refractivity (Wildman–Crippen MR) is 68.6 cm³/mol. The molecular formula is C13H8NO3P. The Labute approximate surface area is 105 Å². The standard InChI is InChI=1S/C13H8NO3P/c15-8-1-2-9(18)11-10(8)12(16)6-3-4-14-5-7(6)13(11)17/h1-5,15H,18H2. The van der Waals surface area contributed by atoms with Crippen molar-refractivity contribution in [3.05, 3.63) is 52.8 Å². The lowest BCUT2D eigenvalue weighted by molar-refractivity contribution is 0.0977. The van der Waals surface area contributed by atoms with Crippen LogP contribution in [0.15, 0.2) is 30.6 Å². The van der Waals surface area contributed by atoms with E-state index in [9.17, 15) is 14.7 Å². The van der Waals surface area contributed by atoms with Crippen LogP contribution in [0.5, 0.6) is 5.75 Å². The van der Waals surface area contributed by atoms with Gasteiger partial charge in [-0.25, -0.2) is 0 Å². The zero-order chi connectivity index (χ0) is 12.9. The highest BCUT2D eigenvalue weighted by molar-refractivity contribution is 7.27. The minimum atomic E-state index is -0.344. The number of hydrogen-bond donors (Lipinski definition) is 1. The van der Waals surface area contributed by atoms with Gasteiger partial charge in [-0.05, 0) is 17.4 Å². The van der Waals surface area contributed by atoms with Crippen molar-refractivity contribution in [1.82, 2.24) is 4.98 Å². The molecule has 0 bridgehead atoms. The maximum Gasteiger partial charge on any atom is 0.198 e. The molecule has 1 N–H and O–H groups in total. The van der Waals surface area contributed by atoms with E-state index in [1.54, 1.807) is 6.07 Å². The van der Waals surface area contributed by atoms with Crippen LogP contribution in [0.1, 0.15) is 31.8 Å². The molecule has 4 nitrogen and oxygen atoms in total. The van der Waals surface area contributed by atoms with Gasteiger partial charge in [0.2, 0.25) is 0 Å². The number of phenols is 1. The number of aromatic hydroxyl groups is 1. The quantitative estimate of drug-likeness (QED) is 0.611. The van der Waals surface area contributed by atoms with Crippen LogP contribution in [-0.2, 0) is 0 Å². The van der Waals surface area contributed by atoms with Crippen molar-refractivity contribution in [1.29, 1.82) is 0 Å². The molecule has 1 atom stereocenters. The third-order valence-electron chi connectivity index (χ3n) is 2.98. The summed E-state index contributed by atoms with van der Waals surface area (Å²) >= 11 is 0. The molecule has 0 saturated heterocycles. The third-order valence-corrected chi connectivity index (χ3v) is 3.46. The van der Waals surface area contributed by atoms with Crippen molar-refractivity contribution in [2.45, 2.75) is 0 Å². The molecule has 18 heavy (non-hydrogen) atoms. The minimum absolute atomic E-state index is 0.0752. The molecule has 0 fully saturated rings.